The average Bonchev–Trinajstić information content (AvgIpc) is 2.62. The number of carbonyl (C=O) groups excluding carboxylic acids is 1. The predicted octanol–water partition coefficient (Wildman–Crippen LogP) is 3.72. The van der Waals surface area contributed by atoms with Gasteiger partial charge in [0.05, 0.1) is 0 Å². The summed E-state index contributed by atoms with van der Waals surface area (Å²) in [4.78, 5) is 12.4. The number of nitrogens with zero attached hydrogens (tertiary/aromatic N) is 1. The van der Waals surface area contributed by atoms with Gasteiger partial charge in [-0.3, -0.25) is 4.79 Å². The van der Waals surface area contributed by atoms with Crippen LogP contribution >= 0.6 is 0 Å². The molecule has 0 fully saturated rings. The molecule has 3 aromatic rings. The molecule has 106 valence electrons. The largest absolute Gasteiger partial charge is 0.289 e. The summed E-state index contributed by atoms with van der Waals surface area (Å²) in [5, 5.41) is 0. The Labute approximate surface area is 130 Å². The number of carbonyl (C=O) groups is 1. The number of hydrogen-bond acceptors (Lipinski definition) is 1. The fourth-order valence-electron chi connectivity index (χ4n) is 2.29. The zero-order valence-corrected chi connectivity index (χ0v) is 12.1. The van der Waals surface area contributed by atoms with Crippen molar-refractivity contribution in [3.05, 3.63) is 108 Å². The van der Waals surface area contributed by atoms with Gasteiger partial charge in [0.1, 0.15) is 0 Å². The average molecular weight is 286 g/mol. The fraction of sp³-hybridized carbons (Fsp3) is 0. The van der Waals surface area contributed by atoms with Crippen LogP contribution in [-0.2, 0) is 0 Å². The third kappa shape index (κ3) is 2.86. The molecule has 22 heavy (non-hydrogen) atoms. The second-order valence-electron chi connectivity index (χ2n) is 5.00. The number of hydrogen-bond donors (Lipinski definition) is 0. The summed E-state index contributed by atoms with van der Waals surface area (Å²) in [5.74, 6) is 0.0260. The van der Waals surface area contributed by atoms with Crippen LogP contribution in [-0.4, -0.2) is 5.78 Å². The SMILES string of the molecule is C=C(c1ccccc1)[n+]1ccc(C(=O)c2ccccc2)cc1. The second kappa shape index (κ2) is 6.19. The van der Waals surface area contributed by atoms with Crippen molar-refractivity contribution in [2.45, 2.75) is 0 Å². The Hall–Kier alpha value is -3.00. The van der Waals surface area contributed by atoms with Crippen LogP contribution in [0.25, 0.3) is 5.70 Å². The van der Waals surface area contributed by atoms with Gasteiger partial charge in [-0.15, -0.1) is 0 Å². The molecule has 0 saturated carbocycles. The van der Waals surface area contributed by atoms with Gasteiger partial charge in [-0.05, 0) is 18.7 Å². The lowest BCUT2D eigenvalue weighted by Crippen LogP contribution is -2.31. The normalized spacial score (nSPS) is 10.2. The van der Waals surface area contributed by atoms with E-state index in [4.69, 9.17) is 0 Å². The molecule has 0 spiro atoms. The highest BCUT2D eigenvalue weighted by molar-refractivity contribution is 6.08. The zero-order valence-electron chi connectivity index (χ0n) is 12.1. The molecule has 0 aliphatic rings. The molecular weight excluding hydrogens is 270 g/mol. The van der Waals surface area contributed by atoms with E-state index in [2.05, 4.69) is 6.58 Å². The highest BCUT2D eigenvalue weighted by Gasteiger charge is 2.13. The van der Waals surface area contributed by atoms with Gasteiger partial charge in [0.25, 0.3) is 0 Å². The predicted molar refractivity (Wildman–Crippen MR) is 87.4 cm³/mol. The van der Waals surface area contributed by atoms with Crippen molar-refractivity contribution >= 4 is 11.5 Å². The van der Waals surface area contributed by atoms with Gasteiger partial charge in [0, 0.05) is 28.8 Å². The van der Waals surface area contributed by atoms with Gasteiger partial charge in [-0.25, -0.2) is 0 Å². The minimum absolute atomic E-state index is 0.0260. The van der Waals surface area contributed by atoms with E-state index in [0.29, 0.717) is 11.1 Å². The molecular formula is C20H16NO+. The van der Waals surface area contributed by atoms with E-state index < -0.39 is 0 Å². The second-order valence-corrected chi connectivity index (χ2v) is 5.00. The van der Waals surface area contributed by atoms with Crippen molar-refractivity contribution in [3.8, 4) is 0 Å². The van der Waals surface area contributed by atoms with Crippen molar-refractivity contribution in [2.75, 3.05) is 0 Å². The van der Waals surface area contributed by atoms with Gasteiger partial charge < -0.3 is 0 Å². The maximum Gasteiger partial charge on any atom is 0.210 e. The maximum absolute atomic E-state index is 12.4. The van der Waals surface area contributed by atoms with E-state index in [0.717, 1.165) is 11.3 Å². The van der Waals surface area contributed by atoms with Crippen molar-refractivity contribution in [3.63, 3.8) is 0 Å². The lowest BCUT2D eigenvalue weighted by Gasteiger charge is -2.02. The van der Waals surface area contributed by atoms with E-state index in [1.165, 1.54) is 0 Å². The first-order valence-corrected chi connectivity index (χ1v) is 7.11. The van der Waals surface area contributed by atoms with E-state index in [-0.39, 0.29) is 5.78 Å². The topological polar surface area (TPSA) is 20.9 Å². The number of ketones is 1. The third-order valence-corrected chi connectivity index (χ3v) is 3.55. The van der Waals surface area contributed by atoms with Crippen molar-refractivity contribution in [1.82, 2.24) is 0 Å². The molecule has 3 rings (SSSR count). The van der Waals surface area contributed by atoms with Crippen LogP contribution in [0.1, 0.15) is 21.5 Å². The summed E-state index contributed by atoms with van der Waals surface area (Å²) in [6.45, 7) is 4.11. The van der Waals surface area contributed by atoms with Gasteiger partial charge in [-0.1, -0.05) is 48.5 Å². The van der Waals surface area contributed by atoms with Crippen LogP contribution in [0.15, 0.2) is 91.8 Å². The van der Waals surface area contributed by atoms with E-state index in [1.807, 2.05) is 89.8 Å². The molecule has 2 heteroatoms. The van der Waals surface area contributed by atoms with E-state index >= 15 is 0 Å². The van der Waals surface area contributed by atoms with Gasteiger partial charge in [0.15, 0.2) is 18.2 Å². The first-order chi connectivity index (χ1) is 10.8. The molecule has 0 aliphatic carbocycles. The number of aromatic nitrogens is 1. The molecule has 0 radical (unpaired) electrons. The summed E-state index contributed by atoms with van der Waals surface area (Å²) in [5.41, 5.74) is 3.29. The third-order valence-electron chi connectivity index (χ3n) is 3.55. The zero-order chi connectivity index (χ0) is 15.4. The highest BCUT2D eigenvalue weighted by atomic mass is 16.1. The van der Waals surface area contributed by atoms with Gasteiger partial charge in [-0.2, -0.15) is 4.57 Å². The summed E-state index contributed by atoms with van der Waals surface area (Å²) < 4.78 is 1.91. The Balaban J connectivity index is 1.84. The van der Waals surface area contributed by atoms with Gasteiger partial charge in [0.2, 0.25) is 5.70 Å². The summed E-state index contributed by atoms with van der Waals surface area (Å²) >= 11 is 0. The Kier molecular flexibility index (Phi) is 3.92. The molecule has 0 aliphatic heterocycles. The Bertz CT molecular complexity index is 720. The fourth-order valence-corrected chi connectivity index (χ4v) is 2.29. The number of rotatable bonds is 4. The molecule has 0 unspecified atom stereocenters. The van der Waals surface area contributed by atoms with Crippen LogP contribution in [0.2, 0.25) is 0 Å². The molecule has 0 atom stereocenters. The maximum atomic E-state index is 12.4. The van der Waals surface area contributed by atoms with Crippen LogP contribution in [0.5, 0.6) is 0 Å². The number of pyridine rings is 1. The minimum atomic E-state index is 0.0260. The Morgan fingerprint density at radius 2 is 1.14 bits per heavy atom. The summed E-state index contributed by atoms with van der Waals surface area (Å²) in [7, 11) is 0. The van der Waals surface area contributed by atoms with E-state index in [1.54, 1.807) is 0 Å². The molecule has 0 amide bonds. The smallest absolute Gasteiger partial charge is 0.210 e. The monoisotopic (exact) mass is 286 g/mol. The molecule has 2 nitrogen and oxygen atoms in total. The lowest BCUT2D eigenvalue weighted by atomic mass is 10.0. The Morgan fingerprint density at radius 3 is 1.68 bits per heavy atom. The van der Waals surface area contributed by atoms with Crippen LogP contribution in [0.4, 0.5) is 0 Å². The van der Waals surface area contributed by atoms with E-state index in [9.17, 15) is 4.79 Å². The van der Waals surface area contributed by atoms with Crippen LogP contribution in [0.3, 0.4) is 0 Å². The van der Waals surface area contributed by atoms with Crippen molar-refractivity contribution < 1.29 is 9.36 Å². The first-order valence-electron chi connectivity index (χ1n) is 7.11. The molecule has 0 bridgehead atoms. The number of benzene rings is 2. The standard InChI is InChI=1S/C20H16NO/c1-16(17-8-4-2-5-9-17)21-14-12-19(13-15-21)20(22)18-10-6-3-7-11-18/h2-15H,1H2/q+1. The molecule has 0 N–H and O–H groups in total. The lowest BCUT2D eigenvalue weighted by molar-refractivity contribution is -0.578. The molecule has 0 saturated heterocycles. The van der Waals surface area contributed by atoms with Crippen molar-refractivity contribution in [2.24, 2.45) is 0 Å². The quantitative estimate of drug-likeness (QED) is 0.529. The molecule has 1 aromatic heterocycles. The van der Waals surface area contributed by atoms with Crippen molar-refractivity contribution in [1.29, 1.82) is 0 Å². The highest BCUT2D eigenvalue weighted by Crippen LogP contribution is 2.10. The van der Waals surface area contributed by atoms with Crippen LogP contribution in [0, 0.1) is 0 Å². The van der Waals surface area contributed by atoms with Gasteiger partial charge >= 0.3 is 0 Å². The Morgan fingerprint density at radius 1 is 0.682 bits per heavy atom. The van der Waals surface area contributed by atoms with Crippen LogP contribution < -0.4 is 4.57 Å². The molecule has 1 heterocycles. The summed E-state index contributed by atoms with van der Waals surface area (Å²) in [6, 6.07) is 22.9. The first kappa shape index (κ1) is 14.0. The minimum Gasteiger partial charge on any atom is -0.289 e. The molecule has 2 aromatic carbocycles. The summed E-state index contributed by atoms with van der Waals surface area (Å²) in [6.07, 6.45) is 3.73.